The molecule has 0 saturated heterocycles. The molecule has 0 heterocycles. The monoisotopic (exact) mass is 154 g/mol. The highest BCUT2D eigenvalue weighted by atomic mass is 32.1. The van der Waals surface area contributed by atoms with Gasteiger partial charge < -0.3 is 4.90 Å². The van der Waals surface area contributed by atoms with Gasteiger partial charge in [0, 0.05) is 19.8 Å². The fourth-order valence-electron chi connectivity index (χ4n) is 0.760. The first-order valence-corrected chi connectivity index (χ1v) is 3.69. The van der Waals surface area contributed by atoms with Crippen LogP contribution in [0.5, 0.6) is 0 Å². The quantitative estimate of drug-likeness (QED) is 0.548. The summed E-state index contributed by atoms with van der Waals surface area (Å²) in [5.41, 5.74) is 1.22. The number of nitrogens with zero attached hydrogens (tertiary/aromatic N) is 1. The topological polar surface area (TPSA) is 3.24 Å². The summed E-state index contributed by atoms with van der Waals surface area (Å²) in [6.45, 7) is 0. The lowest BCUT2D eigenvalue weighted by Crippen LogP contribution is -2.07. The van der Waals surface area contributed by atoms with Gasteiger partial charge in [-0.2, -0.15) is 0 Å². The number of hydrogen-bond donors (Lipinski definition) is 0. The van der Waals surface area contributed by atoms with Crippen LogP contribution in [0, 0.1) is 0 Å². The molecule has 0 unspecified atom stereocenters. The molecule has 0 atom stereocenters. The summed E-state index contributed by atoms with van der Waals surface area (Å²) in [4.78, 5) is 3.19. The van der Waals surface area contributed by atoms with E-state index in [0.717, 1.165) is 4.90 Å². The standard InChI is InChI=1S/C8H11NS/c1-9(2)7-3-5-8(10)6-4-7/h3-6,10H,1-2H3/p+1. The highest BCUT2D eigenvalue weighted by molar-refractivity contribution is 7.58. The molecule has 0 amide bonds. The van der Waals surface area contributed by atoms with Crippen molar-refractivity contribution in [1.29, 1.82) is 0 Å². The van der Waals surface area contributed by atoms with Gasteiger partial charge in [-0.05, 0) is 36.9 Å². The van der Waals surface area contributed by atoms with E-state index < -0.39 is 0 Å². The van der Waals surface area contributed by atoms with Crippen molar-refractivity contribution in [3.8, 4) is 0 Å². The minimum absolute atomic E-state index is 1.12. The Labute approximate surface area is 67.1 Å². The lowest BCUT2D eigenvalue weighted by atomic mass is 10.3. The van der Waals surface area contributed by atoms with E-state index in [0.29, 0.717) is 0 Å². The van der Waals surface area contributed by atoms with E-state index in [-0.39, 0.29) is 0 Å². The van der Waals surface area contributed by atoms with Gasteiger partial charge in [-0.3, -0.25) is 0 Å². The predicted octanol–water partition coefficient (Wildman–Crippen LogP) is 1.12. The van der Waals surface area contributed by atoms with E-state index in [1.165, 1.54) is 5.69 Å². The molecule has 2 heteroatoms. The van der Waals surface area contributed by atoms with Gasteiger partial charge in [-0.25, -0.2) is 0 Å². The minimum Gasteiger partial charge on any atom is -0.378 e. The van der Waals surface area contributed by atoms with Crippen LogP contribution in [0.2, 0.25) is 0 Å². The van der Waals surface area contributed by atoms with E-state index in [2.05, 4.69) is 29.7 Å². The van der Waals surface area contributed by atoms with Gasteiger partial charge in [0.2, 0.25) is 0 Å². The molecule has 0 N–H and O–H groups in total. The molecule has 0 aliphatic rings. The molecule has 0 bridgehead atoms. The lowest BCUT2D eigenvalue weighted by molar-refractivity contribution is 1.13. The number of benzene rings is 1. The third-order valence-electron chi connectivity index (χ3n) is 1.38. The maximum absolute atomic E-state index is 3.42. The van der Waals surface area contributed by atoms with Gasteiger partial charge >= 0.3 is 0 Å². The molecule has 54 valence electrons. The van der Waals surface area contributed by atoms with Crippen molar-refractivity contribution in [3.63, 3.8) is 0 Å². The molecule has 0 radical (unpaired) electrons. The molecule has 0 spiro atoms. The Balaban J connectivity index is 2.89. The molecule has 0 saturated carbocycles. The maximum atomic E-state index is 3.42. The van der Waals surface area contributed by atoms with Crippen LogP contribution in [0.4, 0.5) is 5.69 Å². The van der Waals surface area contributed by atoms with Crippen LogP contribution < -0.4 is 4.90 Å². The van der Waals surface area contributed by atoms with E-state index in [9.17, 15) is 0 Å². The Kier molecular flexibility index (Phi) is 2.22. The first-order chi connectivity index (χ1) is 4.70. The molecule has 0 aliphatic heterocycles. The fraction of sp³-hybridized carbons (Fsp3) is 0.250. The van der Waals surface area contributed by atoms with E-state index in [1.807, 2.05) is 26.2 Å². The lowest BCUT2D eigenvalue weighted by Gasteiger charge is -2.10. The van der Waals surface area contributed by atoms with E-state index in [1.54, 1.807) is 0 Å². The van der Waals surface area contributed by atoms with Crippen molar-refractivity contribution in [2.75, 3.05) is 19.0 Å². The smallest absolute Gasteiger partial charge is 0.150 e. The normalized spacial score (nSPS) is 9.50. The van der Waals surface area contributed by atoms with Crippen LogP contribution in [0.3, 0.4) is 0 Å². The first-order valence-electron chi connectivity index (χ1n) is 3.19. The van der Waals surface area contributed by atoms with Gasteiger partial charge in [-0.1, -0.05) is 0 Å². The second-order valence-electron chi connectivity index (χ2n) is 2.44. The van der Waals surface area contributed by atoms with Crippen LogP contribution in [0.15, 0.2) is 29.2 Å². The van der Waals surface area contributed by atoms with Crippen molar-refractivity contribution in [2.24, 2.45) is 0 Å². The maximum Gasteiger partial charge on any atom is 0.150 e. The summed E-state index contributed by atoms with van der Waals surface area (Å²) in [5.74, 6) is 0. The average molecular weight is 154 g/mol. The molecule has 1 rings (SSSR count). The Morgan fingerprint density at radius 1 is 1.10 bits per heavy atom. The average Bonchev–Trinajstić information content (AvgIpc) is 1.88. The van der Waals surface area contributed by atoms with Crippen LogP contribution in [-0.4, -0.2) is 14.1 Å². The van der Waals surface area contributed by atoms with E-state index in [4.69, 9.17) is 0 Å². The summed E-state index contributed by atoms with van der Waals surface area (Å²) >= 11 is 3.42. The zero-order valence-corrected chi connectivity index (χ0v) is 7.26. The molecule has 10 heavy (non-hydrogen) atoms. The van der Waals surface area contributed by atoms with Crippen molar-refractivity contribution < 1.29 is 0 Å². The third kappa shape index (κ3) is 1.67. The van der Waals surface area contributed by atoms with Crippen molar-refractivity contribution in [3.05, 3.63) is 24.3 Å². The van der Waals surface area contributed by atoms with Gasteiger partial charge in [0.05, 0.1) is 0 Å². The Morgan fingerprint density at radius 2 is 1.60 bits per heavy atom. The number of rotatable bonds is 1. The number of anilines is 1. The van der Waals surface area contributed by atoms with Crippen LogP contribution in [-0.2, 0) is 12.6 Å². The summed E-state index contributed by atoms with van der Waals surface area (Å²) < 4.78 is 0. The summed E-state index contributed by atoms with van der Waals surface area (Å²) in [7, 11) is 4.06. The Hall–Kier alpha value is -0.630. The minimum atomic E-state index is 1.12. The van der Waals surface area contributed by atoms with Crippen LogP contribution in [0.25, 0.3) is 0 Å². The highest BCUT2D eigenvalue weighted by Gasteiger charge is 1.94. The Morgan fingerprint density at radius 3 is 2.00 bits per heavy atom. The number of hydrogen-bond acceptors (Lipinski definition) is 1. The van der Waals surface area contributed by atoms with Gasteiger partial charge in [0.15, 0.2) is 0 Å². The summed E-state index contributed by atoms with van der Waals surface area (Å²) in [5, 5.41) is 0. The molecule has 0 aliphatic carbocycles. The fourth-order valence-corrected chi connectivity index (χ4v) is 0.926. The second kappa shape index (κ2) is 2.97. The van der Waals surface area contributed by atoms with Crippen molar-refractivity contribution in [2.45, 2.75) is 4.90 Å². The predicted molar refractivity (Wildman–Crippen MR) is 49.2 cm³/mol. The van der Waals surface area contributed by atoms with Crippen molar-refractivity contribution >= 4 is 18.3 Å². The van der Waals surface area contributed by atoms with Crippen LogP contribution in [0.1, 0.15) is 0 Å². The second-order valence-corrected chi connectivity index (χ2v) is 3.02. The molecule has 1 aromatic carbocycles. The van der Waals surface area contributed by atoms with Gasteiger partial charge in [0.25, 0.3) is 0 Å². The molecule has 1 nitrogen and oxygen atoms in total. The van der Waals surface area contributed by atoms with Crippen LogP contribution >= 0.6 is 0 Å². The molecular weight excluding hydrogens is 142 g/mol. The zero-order chi connectivity index (χ0) is 7.56. The summed E-state index contributed by atoms with van der Waals surface area (Å²) in [6.07, 6.45) is 0. The first kappa shape index (κ1) is 7.48. The third-order valence-corrected chi connectivity index (χ3v) is 1.72. The highest BCUT2D eigenvalue weighted by Crippen LogP contribution is 2.10. The Bertz CT molecular complexity index is 203. The van der Waals surface area contributed by atoms with Crippen molar-refractivity contribution in [1.82, 2.24) is 0 Å². The molecular formula is C8H12NS+. The SMILES string of the molecule is CN(C)c1ccc([SH2+])cc1. The molecule has 1 aromatic rings. The molecule has 0 fully saturated rings. The van der Waals surface area contributed by atoms with Gasteiger partial charge in [-0.15, -0.1) is 0 Å². The largest absolute Gasteiger partial charge is 0.378 e. The van der Waals surface area contributed by atoms with Gasteiger partial charge in [0.1, 0.15) is 4.90 Å². The molecule has 0 aromatic heterocycles. The zero-order valence-electron chi connectivity index (χ0n) is 6.26. The van der Waals surface area contributed by atoms with E-state index >= 15 is 0 Å². The summed E-state index contributed by atoms with van der Waals surface area (Å²) in [6, 6.07) is 8.21.